The van der Waals surface area contributed by atoms with Crippen LogP contribution in [0.1, 0.15) is 25.5 Å². The molecule has 0 aliphatic carbocycles. The zero-order valence-corrected chi connectivity index (χ0v) is 20.2. The molecule has 4 rings (SSSR count). The number of aromatic nitrogens is 2. The third kappa shape index (κ3) is 5.51. The maximum Gasteiger partial charge on any atom is 0.338 e. The fourth-order valence-electron chi connectivity index (χ4n) is 3.86. The van der Waals surface area contributed by atoms with E-state index in [-0.39, 0.29) is 24.2 Å². The number of amides is 2. The molecule has 9 heteroatoms. The Morgan fingerprint density at radius 3 is 2.54 bits per heavy atom. The molecule has 0 radical (unpaired) electrons. The summed E-state index contributed by atoms with van der Waals surface area (Å²) in [6.45, 7) is 4.19. The number of hydrogen-bond donors (Lipinski definition) is 1. The van der Waals surface area contributed by atoms with E-state index in [1.54, 1.807) is 36.2 Å². The summed E-state index contributed by atoms with van der Waals surface area (Å²) < 4.78 is 18.7. The summed E-state index contributed by atoms with van der Waals surface area (Å²) in [6, 6.07) is 16.2. The minimum Gasteiger partial charge on any atom is -0.463 e. The van der Waals surface area contributed by atoms with E-state index in [9.17, 15) is 14.0 Å². The van der Waals surface area contributed by atoms with E-state index in [1.807, 2.05) is 37.3 Å². The van der Waals surface area contributed by atoms with Crippen molar-refractivity contribution < 1.29 is 18.7 Å². The molecule has 2 amide bonds. The lowest BCUT2D eigenvalue weighted by molar-refractivity contribution is -0.139. The van der Waals surface area contributed by atoms with Crippen molar-refractivity contribution in [3.8, 4) is 11.3 Å². The van der Waals surface area contributed by atoms with Crippen molar-refractivity contribution >= 4 is 23.8 Å². The van der Waals surface area contributed by atoms with Crippen molar-refractivity contribution in [2.45, 2.75) is 25.0 Å². The number of urea groups is 1. The van der Waals surface area contributed by atoms with E-state index in [1.165, 1.54) is 23.9 Å². The molecule has 3 aromatic rings. The van der Waals surface area contributed by atoms with Gasteiger partial charge in [-0.3, -0.25) is 4.90 Å². The normalized spacial score (nSPS) is 15.7. The molecule has 0 saturated heterocycles. The highest BCUT2D eigenvalue weighted by Crippen LogP contribution is 2.34. The smallest absolute Gasteiger partial charge is 0.338 e. The van der Waals surface area contributed by atoms with Gasteiger partial charge >= 0.3 is 12.0 Å². The Bertz CT molecular complexity index is 1230. The monoisotopic (exact) mass is 492 g/mol. The largest absolute Gasteiger partial charge is 0.463 e. The first kappa shape index (κ1) is 24.4. The van der Waals surface area contributed by atoms with Crippen molar-refractivity contribution in [1.29, 1.82) is 0 Å². The molecule has 0 saturated carbocycles. The van der Waals surface area contributed by atoms with Gasteiger partial charge in [-0.25, -0.2) is 23.9 Å². The maximum absolute atomic E-state index is 13.3. The summed E-state index contributed by atoms with van der Waals surface area (Å²) in [5, 5.41) is 3.42. The molecule has 2 heterocycles. The Morgan fingerprint density at radius 2 is 1.86 bits per heavy atom. The lowest BCUT2D eigenvalue weighted by Crippen LogP contribution is -2.49. The van der Waals surface area contributed by atoms with Gasteiger partial charge in [-0.15, -0.1) is 0 Å². The molecule has 1 atom stereocenters. The summed E-state index contributed by atoms with van der Waals surface area (Å²) >= 11 is 1.31. The highest BCUT2D eigenvalue weighted by Gasteiger charge is 2.37. The lowest BCUT2D eigenvalue weighted by Gasteiger charge is -2.36. The molecule has 180 valence electrons. The number of hydrogen-bond acceptors (Lipinski definition) is 6. The molecule has 2 aromatic carbocycles. The Balaban J connectivity index is 1.69. The van der Waals surface area contributed by atoms with Gasteiger partial charge in [-0.2, -0.15) is 0 Å². The second-order valence-corrected chi connectivity index (χ2v) is 8.58. The quantitative estimate of drug-likeness (QED) is 0.271. The maximum atomic E-state index is 13.3. The number of ether oxygens (including phenoxy) is 1. The predicted molar refractivity (Wildman–Crippen MR) is 132 cm³/mol. The van der Waals surface area contributed by atoms with Crippen LogP contribution >= 0.6 is 11.8 Å². The highest BCUT2D eigenvalue weighted by atomic mass is 32.2. The number of rotatable bonds is 8. The van der Waals surface area contributed by atoms with E-state index >= 15 is 0 Å². The molecule has 35 heavy (non-hydrogen) atoms. The van der Waals surface area contributed by atoms with Gasteiger partial charge in [0, 0.05) is 29.8 Å². The van der Waals surface area contributed by atoms with Crippen molar-refractivity contribution in [2.75, 3.05) is 18.9 Å². The summed E-state index contributed by atoms with van der Waals surface area (Å²) in [5.41, 5.74) is 3.15. The Labute approximate surface area is 207 Å². The van der Waals surface area contributed by atoms with Crippen LogP contribution in [0.25, 0.3) is 11.3 Å². The minimum atomic E-state index is -0.632. The fourth-order valence-corrected chi connectivity index (χ4v) is 4.74. The van der Waals surface area contributed by atoms with Crippen LogP contribution in [0, 0.1) is 5.82 Å². The summed E-state index contributed by atoms with van der Waals surface area (Å²) in [4.78, 5) is 36.6. The zero-order chi connectivity index (χ0) is 24.8. The average molecular weight is 493 g/mol. The number of esters is 1. The van der Waals surface area contributed by atoms with Crippen LogP contribution in [-0.4, -0.2) is 45.8 Å². The van der Waals surface area contributed by atoms with Crippen LogP contribution in [0.5, 0.6) is 0 Å². The zero-order valence-electron chi connectivity index (χ0n) is 19.4. The Hall–Kier alpha value is -3.72. The molecule has 1 aromatic heterocycles. The SMILES string of the molecule is CCOC(=O)C1=C(CSc2nccc(-c3ccc(F)cc3)n2)N(CC)C(=O)N[C@H]1c1ccccc1. The lowest BCUT2D eigenvalue weighted by atomic mass is 9.95. The molecular formula is C26H25FN4O3S. The van der Waals surface area contributed by atoms with Crippen molar-refractivity contribution in [3.63, 3.8) is 0 Å². The molecule has 1 N–H and O–H groups in total. The first-order valence-corrected chi connectivity index (χ1v) is 12.2. The van der Waals surface area contributed by atoms with E-state index in [4.69, 9.17) is 4.74 Å². The first-order valence-electron chi connectivity index (χ1n) is 11.3. The van der Waals surface area contributed by atoms with Crippen LogP contribution in [0.2, 0.25) is 0 Å². The second kappa shape index (κ2) is 11.1. The van der Waals surface area contributed by atoms with Gasteiger partial charge in [0.1, 0.15) is 5.82 Å². The van der Waals surface area contributed by atoms with Gasteiger partial charge in [0.05, 0.1) is 23.9 Å². The Kier molecular flexibility index (Phi) is 7.77. The molecular weight excluding hydrogens is 467 g/mol. The number of nitrogens with one attached hydrogen (secondary N) is 1. The third-order valence-corrected chi connectivity index (χ3v) is 6.37. The van der Waals surface area contributed by atoms with E-state index in [0.717, 1.165) is 11.1 Å². The first-order chi connectivity index (χ1) is 17.0. The number of benzene rings is 2. The number of carbonyl (C=O) groups is 2. The van der Waals surface area contributed by atoms with Crippen LogP contribution in [0.3, 0.4) is 0 Å². The molecule has 1 aliphatic rings. The van der Waals surface area contributed by atoms with E-state index < -0.39 is 12.0 Å². The molecule has 0 spiro atoms. The van der Waals surface area contributed by atoms with Gasteiger partial charge in [0.25, 0.3) is 0 Å². The topological polar surface area (TPSA) is 84.4 Å². The van der Waals surface area contributed by atoms with Crippen molar-refractivity contribution in [3.05, 3.63) is 89.5 Å². The van der Waals surface area contributed by atoms with E-state index in [2.05, 4.69) is 15.3 Å². The average Bonchev–Trinajstić information content (AvgIpc) is 2.88. The van der Waals surface area contributed by atoms with Crippen molar-refractivity contribution in [1.82, 2.24) is 20.2 Å². The minimum absolute atomic E-state index is 0.215. The van der Waals surface area contributed by atoms with Gasteiger partial charge in [0.15, 0.2) is 5.16 Å². The molecule has 0 fully saturated rings. The number of carbonyl (C=O) groups excluding carboxylic acids is 2. The van der Waals surface area contributed by atoms with Crippen LogP contribution in [0.4, 0.5) is 9.18 Å². The second-order valence-electron chi connectivity index (χ2n) is 7.64. The van der Waals surface area contributed by atoms with Gasteiger partial charge in [0.2, 0.25) is 0 Å². The summed E-state index contributed by atoms with van der Waals surface area (Å²) in [5.74, 6) is -0.513. The predicted octanol–water partition coefficient (Wildman–Crippen LogP) is 4.98. The molecule has 0 bridgehead atoms. The summed E-state index contributed by atoms with van der Waals surface area (Å²) in [6.07, 6.45) is 1.63. The molecule has 7 nitrogen and oxygen atoms in total. The van der Waals surface area contributed by atoms with Crippen LogP contribution in [0.15, 0.2) is 83.3 Å². The Morgan fingerprint density at radius 1 is 1.11 bits per heavy atom. The molecule has 0 unspecified atom stereocenters. The van der Waals surface area contributed by atoms with Crippen LogP contribution < -0.4 is 5.32 Å². The highest BCUT2D eigenvalue weighted by molar-refractivity contribution is 7.99. The van der Waals surface area contributed by atoms with Crippen LogP contribution in [-0.2, 0) is 9.53 Å². The number of thioether (sulfide) groups is 1. The third-order valence-electron chi connectivity index (χ3n) is 5.49. The van der Waals surface area contributed by atoms with Gasteiger partial charge < -0.3 is 10.1 Å². The summed E-state index contributed by atoms with van der Waals surface area (Å²) in [7, 11) is 0. The number of nitrogens with zero attached hydrogens (tertiary/aromatic N) is 3. The van der Waals surface area contributed by atoms with Gasteiger partial charge in [-0.1, -0.05) is 42.1 Å². The number of halogens is 1. The van der Waals surface area contributed by atoms with E-state index in [0.29, 0.717) is 28.7 Å². The molecule has 1 aliphatic heterocycles. The van der Waals surface area contributed by atoms with Crippen molar-refractivity contribution in [2.24, 2.45) is 0 Å². The fraction of sp³-hybridized carbons (Fsp3) is 0.231. The standard InChI is InChI=1S/C26H25FN4O3S/c1-3-31-21(16-35-25-28-15-14-20(29-25)17-10-12-19(27)13-11-17)22(24(32)34-4-2)23(30-26(31)33)18-8-6-5-7-9-18/h5-15,23H,3-4,16H2,1-2H3,(H,30,33)/t23-/m0/s1. The van der Waals surface area contributed by atoms with Gasteiger partial charge in [-0.05, 0) is 49.7 Å².